The van der Waals surface area contributed by atoms with Crippen LogP contribution in [0.5, 0.6) is 0 Å². The van der Waals surface area contributed by atoms with Gasteiger partial charge in [-0.1, -0.05) is 24.3 Å². The fourth-order valence-electron chi connectivity index (χ4n) is 2.19. The van der Waals surface area contributed by atoms with Crippen LogP contribution >= 0.6 is 22.6 Å². The minimum absolute atomic E-state index is 0.179. The van der Waals surface area contributed by atoms with Crippen molar-refractivity contribution in [2.75, 3.05) is 13.6 Å². The summed E-state index contributed by atoms with van der Waals surface area (Å²) in [4.78, 5) is 0. The second-order valence-corrected chi connectivity index (χ2v) is 5.88. The lowest BCUT2D eigenvalue weighted by atomic mass is 9.92. The SMILES string of the molecule is CNCC(Cc1ccc(I)cc1)c1ccc(F)cc1. The topological polar surface area (TPSA) is 12.0 Å². The van der Waals surface area contributed by atoms with Crippen molar-refractivity contribution in [3.05, 3.63) is 69.0 Å². The molecular formula is C16H17FIN. The van der Waals surface area contributed by atoms with Crippen LogP contribution < -0.4 is 5.32 Å². The Morgan fingerprint density at radius 3 is 2.26 bits per heavy atom. The minimum Gasteiger partial charge on any atom is -0.319 e. The largest absolute Gasteiger partial charge is 0.319 e. The van der Waals surface area contributed by atoms with Gasteiger partial charge in [0.25, 0.3) is 0 Å². The lowest BCUT2D eigenvalue weighted by molar-refractivity contribution is 0.611. The second-order valence-electron chi connectivity index (χ2n) is 4.64. The predicted molar refractivity (Wildman–Crippen MR) is 85.9 cm³/mol. The first-order chi connectivity index (χ1) is 9.19. The standard InChI is InChI=1S/C16H17FIN/c1-19-11-14(13-4-6-15(17)7-5-13)10-12-2-8-16(18)9-3-12/h2-9,14,19H,10-11H2,1H3. The quantitative estimate of drug-likeness (QED) is 0.787. The first-order valence-electron chi connectivity index (χ1n) is 6.33. The van der Waals surface area contributed by atoms with E-state index in [0.717, 1.165) is 13.0 Å². The highest BCUT2D eigenvalue weighted by Gasteiger charge is 2.11. The molecule has 0 saturated heterocycles. The minimum atomic E-state index is -0.179. The van der Waals surface area contributed by atoms with Gasteiger partial charge < -0.3 is 5.32 Å². The van der Waals surface area contributed by atoms with E-state index in [4.69, 9.17) is 0 Å². The van der Waals surface area contributed by atoms with E-state index >= 15 is 0 Å². The van der Waals surface area contributed by atoms with Gasteiger partial charge in [-0.15, -0.1) is 0 Å². The summed E-state index contributed by atoms with van der Waals surface area (Å²) >= 11 is 2.31. The molecule has 3 heteroatoms. The van der Waals surface area contributed by atoms with Crippen molar-refractivity contribution in [1.29, 1.82) is 0 Å². The molecule has 0 radical (unpaired) electrons. The number of hydrogen-bond acceptors (Lipinski definition) is 1. The number of rotatable bonds is 5. The normalized spacial score (nSPS) is 12.4. The lowest BCUT2D eigenvalue weighted by Crippen LogP contribution is -2.19. The van der Waals surface area contributed by atoms with E-state index in [-0.39, 0.29) is 5.82 Å². The molecular weight excluding hydrogens is 352 g/mol. The summed E-state index contributed by atoms with van der Waals surface area (Å²) < 4.78 is 14.2. The van der Waals surface area contributed by atoms with Gasteiger partial charge in [0.05, 0.1) is 0 Å². The van der Waals surface area contributed by atoms with E-state index in [0.29, 0.717) is 5.92 Å². The third kappa shape index (κ3) is 4.28. The Balaban J connectivity index is 2.15. The fraction of sp³-hybridized carbons (Fsp3) is 0.250. The third-order valence-electron chi connectivity index (χ3n) is 3.19. The maximum Gasteiger partial charge on any atom is 0.123 e. The van der Waals surface area contributed by atoms with Crippen LogP contribution in [-0.2, 0) is 6.42 Å². The maximum absolute atomic E-state index is 13.0. The Morgan fingerprint density at radius 1 is 1.05 bits per heavy atom. The molecule has 100 valence electrons. The highest BCUT2D eigenvalue weighted by Crippen LogP contribution is 2.21. The molecule has 1 atom stereocenters. The average Bonchev–Trinajstić information content (AvgIpc) is 2.42. The zero-order chi connectivity index (χ0) is 13.7. The van der Waals surface area contributed by atoms with Crippen molar-refractivity contribution in [2.45, 2.75) is 12.3 Å². The van der Waals surface area contributed by atoms with E-state index in [1.54, 1.807) is 0 Å². The summed E-state index contributed by atoms with van der Waals surface area (Å²) in [5.41, 5.74) is 2.49. The van der Waals surface area contributed by atoms with Crippen molar-refractivity contribution in [2.24, 2.45) is 0 Å². The monoisotopic (exact) mass is 369 g/mol. The van der Waals surface area contributed by atoms with Gasteiger partial charge in [-0.3, -0.25) is 0 Å². The van der Waals surface area contributed by atoms with Crippen LogP contribution in [-0.4, -0.2) is 13.6 Å². The van der Waals surface area contributed by atoms with E-state index in [2.05, 4.69) is 52.2 Å². The molecule has 0 heterocycles. The number of nitrogens with one attached hydrogen (secondary N) is 1. The summed E-state index contributed by atoms with van der Waals surface area (Å²) in [6, 6.07) is 15.4. The Kier molecular flexibility index (Phi) is 5.34. The molecule has 0 saturated carbocycles. The van der Waals surface area contributed by atoms with Crippen LogP contribution in [0.4, 0.5) is 4.39 Å². The maximum atomic E-state index is 13.0. The van der Waals surface area contributed by atoms with Gasteiger partial charge in [0.15, 0.2) is 0 Å². The van der Waals surface area contributed by atoms with Gasteiger partial charge in [-0.05, 0) is 71.5 Å². The first-order valence-corrected chi connectivity index (χ1v) is 7.41. The molecule has 0 aliphatic heterocycles. The van der Waals surface area contributed by atoms with Crippen LogP contribution in [0.25, 0.3) is 0 Å². The van der Waals surface area contributed by atoms with Gasteiger partial charge in [-0.2, -0.15) is 0 Å². The zero-order valence-corrected chi connectivity index (χ0v) is 13.0. The van der Waals surface area contributed by atoms with Gasteiger partial charge >= 0.3 is 0 Å². The number of hydrogen-bond donors (Lipinski definition) is 1. The molecule has 2 aromatic rings. The summed E-state index contributed by atoms with van der Waals surface area (Å²) in [6.07, 6.45) is 0.962. The number of halogens is 2. The fourth-order valence-corrected chi connectivity index (χ4v) is 2.55. The Morgan fingerprint density at radius 2 is 1.68 bits per heavy atom. The summed E-state index contributed by atoms with van der Waals surface area (Å²) in [5.74, 6) is 0.187. The van der Waals surface area contributed by atoms with Gasteiger partial charge in [0.1, 0.15) is 5.82 Å². The van der Waals surface area contributed by atoms with E-state index in [9.17, 15) is 4.39 Å². The molecule has 0 bridgehead atoms. The predicted octanol–water partition coefficient (Wildman–Crippen LogP) is 3.98. The van der Waals surface area contributed by atoms with Crippen LogP contribution in [0.3, 0.4) is 0 Å². The zero-order valence-electron chi connectivity index (χ0n) is 10.9. The highest BCUT2D eigenvalue weighted by atomic mass is 127. The summed E-state index contributed by atoms with van der Waals surface area (Å²) in [6.45, 7) is 0.887. The van der Waals surface area contributed by atoms with Crippen molar-refractivity contribution in [3.8, 4) is 0 Å². The van der Waals surface area contributed by atoms with E-state index < -0.39 is 0 Å². The molecule has 1 unspecified atom stereocenters. The summed E-state index contributed by atoms with van der Waals surface area (Å²) in [7, 11) is 1.95. The molecule has 0 aliphatic carbocycles. The summed E-state index contributed by atoms with van der Waals surface area (Å²) in [5, 5.41) is 3.22. The highest BCUT2D eigenvalue weighted by molar-refractivity contribution is 14.1. The molecule has 1 nitrogen and oxygen atoms in total. The molecule has 1 N–H and O–H groups in total. The molecule has 0 fully saturated rings. The molecule has 0 aliphatic rings. The molecule has 2 aromatic carbocycles. The van der Waals surface area contributed by atoms with E-state index in [1.807, 2.05) is 19.2 Å². The van der Waals surface area contributed by atoms with Crippen molar-refractivity contribution in [3.63, 3.8) is 0 Å². The third-order valence-corrected chi connectivity index (χ3v) is 3.91. The molecule has 0 aromatic heterocycles. The van der Waals surface area contributed by atoms with Crippen LogP contribution in [0.2, 0.25) is 0 Å². The van der Waals surface area contributed by atoms with Gasteiger partial charge in [-0.25, -0.2) is 4.39 Å². The van der Waals surface area contributed by atoms with E-state index in [1.165, 1.54) is 26.8 Å². The Bertz CT molecular complexity index is 507. The lowest BCUT2D eigenvalue weighted by Gasteiger charge is -2.17. The van der Waals surface area contributed by atoms with Crippen LogP contribution in [0.15, 0.2) is 48.5 Å². The number of likely N-dealkylation sites (N-methyl/N-ethyl adjacent to an activating group) is 1. The molecule has 19 heavy (non-hydrogen) atoms. The van der Waals surface area contributed by atoms with Gasteiger partial charge in [0.2, 0.25) is 0 Å². The molecule has 2 rings (SSSR count). The van der Waals surface area contributed by atoms with Crippen molar-refractivity contribution < 1.29 is 4.39 Å². The van der Waals surface area contributed by atoms with Crippen molar-refractivity contribution in [1.82, 2.24) is 5.32 Å². The molecule has 0 spiro atoms. The Labute approximate surface area is 127 Å². The van der Waals surface area contributed by atoms with Crippen LogP contribution in [0.1, 0.15) is 17.0 Å². The average molecular weight is 369 g/mol. The first kappa shape index (κ1) is 14.5. The smallest absolute Gasteiger partial charge is 0.123 e. The molecule has 0 amide bonds. The number of benzene rings is 2. The van der Waals surface area contributed by atoms with Gasteiger partial charge in [0, 0.05) is 16.0 Å². The second kappa shape index (κ2) is 7.01. The van der Waals surface area contributed by atoms with Crippen molar-refractivity contribution >= 4 is 22.6 Å². The Hall–Kier alpha value is -0.940. The van der Waals surface area contributed by atoms with Crippen LogP contribution in [0, 0.1) is 9.39 Å².